The number of piperidine rings is 1. The van der Waals surface area contributed by atoms with Crippen LogP contribution >= 0.6 is 0 Å². The number of ether oxygens (including phenoxy) is 1. The Hall–Kier alpha value is -2.60. The largest absolute Gasteiger partial charge is 0.468 e. The molecule has 1 saturated heterocycles. The molecule has 2 unspecified atom stereocenters. The molecule has 1 N–H and O–H groups in total. The van der Waals surface area contributed by atoms with Gasteiger partial charge in [0.15, 0.2) is 0 Å². The number of hydrogen-bond donors (Lipinski definition) is 1. The minimum absolute atomic E-state index is 0.00340. The fraction of sp³-hybridized carbons (Fsp3) is 0.667. The lowest BCUT2D eigenvalue weighted by Gasteiger charge is -2.58. The van der Waals surface area contributed by atoms with E-state index < -0.39 is 0 Å². The van der Waals surface area contributed by atoms with Crippen LogP contribution in [0.5, 0.6) is 0 Å². The molecule has 1 aromatic carbocycles. The molecule has 6 nitrogen and oxygen atoms in total. The SMILES string of the molecule is C/C=C\O/C(CNC(=O)CC(C)C1CCC2(CCC(c3ccccc3)(N(C)C)CC2)N(CC2CCC2)C1=O)=C(/C)CC. The molecule has 1 heterocycles. The van der Waals surface area contributed by atoms with Crippen LogP contribution in [0.25, 0.3) is 0 Å². The second-order valence-corrected chi connectivity index (χ2v) is 13.5. The number of carbonyl (C=O) groups excluding carboxylic acids is 2. The third kappa shape index (κ3) is 6.96. The fourth-order valence-corrected chi connectivity index (χ4v) is 7.58. The highest BCUT2D eigenvalue weighted by molar-refractivity contribution is 5.83. The van der Waals surface area contributed by atoms with Gasteiger partial charge in [-0.1, -0.05) is 56.7 Å². The Balaban J connectivity index is 1.44. The predicted molar refractivity (Wildman–Crippen MR) is 170 cm³/mol. The highest BCUT2D eigenvalue weighted by Crippen LogP contribution is 2.51. The molecule has 3 fully saturated rings. The summed E-state index contributed by atoms with van der Waals surface area (Å²) < 4.78 is 5.74. The zero-order valence-electron chi connectivity index (χ0n) is 27.1. The van der Waals surface area contributed by atoms with Crippen molar-refractivity contribution >= 4 is 11.8 Å². The van der Waals surface area contributed by atoms with E-state index in [9.17, 15) is 9.59 Å². The predicted octanol–water partition coefficient (Wildman–Crippen LogP) is 7.17. The first-order valence-electron chi connectivity index (χ1n) is 16.4. The lowest BCUT2D eigenvalue weighted by molar-refractivity contribution is -0.157. The highest BCUT2D eigenvalue weighted by Gasteiger charge is 2.53. The van der Waals surface area contributed by atoms with Gasteiger partial charge in [-0.15, -0.1) is 0 Å². The maximum atomic E-state index is 14.3. The first-order chi connectivity index (χ1) is 20.2. The molecule has 1 spiro atoms. The topological polar surface area (TPSA) is 61.9 Å². The van der Waals surface area contributed by atoms with Crippen LogP contribution in [0.4, 0.5) is 0 Å². The normalized spacial score (nSPS) is 28.1. The molecule has 3 aliphatic rings. The van der Waals surface area contributed by atoms with Gasteiger partial charge >= 0.3 is 0 Å². The molecule has 2 atom stereocenters. The van der Waals surface area contributed by atoms with E-state index in [1.54, 1.807) is 6.26 Å². The van der Waals surface area contributed by atoms with Gasteiger partial charge in [-0.2, -0.15) is 0 Å². The molecule has 1 aromatic rings. The van der Waals surface area contributed by atoms with E-state index in [0.717, 1.165) is 62.8 Å². The summed E-state index contributed by atoms with van der Waals surface area (Å²) >= 11 is 0. The number of rotatable bonds is 12. The second-order valence-electron chi connectivity index (χ2n) is 13.5. The third-order valence-corrected chi connectivity index (χ3v) is 10.9. The van der Waals surface area contributed by atoms with E-state index in [-0.39, 0.29) is 28.8 Å². The number of carbonyl (C=O) groups is 2. The summed E-state index contributed by atoms with van der Waals surface area (Å²) in [6.45, 7) is 9.40. The van der Waals surface area contributed by atoms with E-state index in [0.29, 0.717) is 24.8 Å². The lowest BCUT2D eigenvalue weighted by Crippen LogP contribution is -2.63. The lowest BCUT2D eigenvalue weighted by atomic mass is 9.63. The fourth-order valence-electron chi connectivity index (χ4n) is 7.58. The summed E-state index contributed by atoms with van der Waals surface area (Å²) in [5, 5.41) is 3.06. The van der Waals surface area contributed by atoms with Crippen molar-refractivity contribution in [1.82, 2.24) is 15.1 Å². The summed E-state index contributed by atoms with van der Waals surface area (Å²) in [6, 6.07) is 10.9. The minimum atomic E-state index is -0.0947. The number of nitrogens with zero attached hydrogens (tertiary/aromatic N) is 2. The highest BCUT2D eigenvalue weighted by atomic mass is 16.5. The van der Waals surface area contributed by atoms with Gasteiger partial charge in [0.05, 0.1) is 12.8 Å². The Morgan fingerprint density at radius 3 is 2.38 bits per heavy atom. The molecule has 1 aliphatic heterocycles. The van der Waals surface area contributed by atoms with E-state index in [1.165, 1.54) is 24.8 Å². The molecule has 0 bridgehead atoms. The van der Waals surface area contributed by atoms with Crippen LogP contribution in [0.15, 0.2) is 54.0 Å². The number of nitrogens with one attached hydrogen (secondary N) is 1. The number of benzene rings is 1. The van der Waals surface area contributed by atoms with E-state index >= 15 is 0 Å². The Morgan fingerprint density at radius 1 is 1.12 bits per heavy atom. The number of allylic oxidation sites excluding steroid dienone is 2. The molecular formula is C36H55N3O3. The quantitative estimate of drug-likeness (QED) is 0.268. The van der Waals surface area contributed by atoms with Crippen LogP contribution in [0.2, 0.25) is 0 Å². The maximum Gasteiger partial charge on any atom is 0.226 e. The number of amides is 2. The van der Waals surface area contributed by atoms with Crippen molar-refractivity contribution in [3.05, 3.63) is 59.6 Å². The summed E-state index contributed by atoms with van der Waals surface area (Å²) in [5.41, 5.74) is 2.47. The van der Waals surface area contributed by atoms with Crippen LogP contribution in [-0.4, -0.2) is 54.3 Å². The first-order valence-corrected chi connectivity index (χ1v) is 16.4. The standard InChI is InChI=1S/C36H55N3O3/c1-7-23-42-32(27(3)8-2)25-37-33(40)24-28(4)31-17-18-35(39(34(31)41)26-29-13-12-14-29)19-21-36(22-20-35,38(5)6)30-15-10-9-11-16-30/h7,9-11,15-16,23,28-29,31H,8,12-14,17-22,24-26H2,1-6H3,(H,37,40)/b23-7-,32-27-. The van der Waals surface area contributed by atoms with Crippen LogP contribution in [0, 0.1) is 17.8 Å². The molecule has 4 rings (SSSR count). The van der Waals surface area contributed by atoms with Gasteiger partial charge in [-0.3, -0.25) is 14.5 Å². The minimum Gasteiger partial charge on any atom is -0.468 e. The van der Waals surface area contributed by atoms with Crippen LogP contribution in [-0.2, 0) is 19.9 Å². The molecular weight excluding hydrogens is 522 g/mol. The Kier molecular flexibility index (Phi) is 11.0. The monoisotopic (exact) mass is 577 g/mol. The van der Waals surface area contributed by atoms with Gasteiger partial charge < -0.3 is 15.0 Å². The molecule has 232 valence electrons. The second kappa shape index (κ2) is 14.2. The van der Waals surface area contributed by atoms with Crippen LogP contribution in [0.3, 0.4) is 0 Å². The molecule has 6 heteroatoms. The van der Waals surface area contributed by atoms with Gasteiger partial charge in [0, 0.05) is 30.0 Å². The van der Waals surface area contributed by atoms with E-state index in [1.807, 2.05) is 19.9 Å². The van der Waals surface area contributed by atoms with Gasteiger partial charge in [0.25, 0.3) is 0 Å². The van der Waals surface area contributed by atoms with Gasteiger partial charge in [0.2, 0.25) is 11.8 Å². The Morgan fingerprint density at radius 2 is 1.81 bits per heavy atom. The van der Waals surface area contributed by atoms with Crippen LogP contribution in [0.1, 0.15) is 104 Å². The molecule has 2 amide bonds. The summed E-state index contributed by atoms with van der Waals surface area (Å²) in [7, 11) is 4.42. The zero-order valence-corrected chi connectivity index (χ0v) is 27.1. The van der Waals surface area contributed by atoms with Crippen LogP contribution < -0.4 is 5.32 Å². The molecule has 42 heavy (non-hydrogen) atoms. The average molecular weight is 578 g/mol. The molecule has 2 aliphatic carbocycles. The molecule has 2 saturated carbocycles. The van der Waals surface area contributed by atoms with Crippen molar-refractivity contribution in [2.45, 2.75) is 109 Å². The average Bonchev–Trinajstić information content (AvgIpc) is 2.96. The van der Waals surface area contributed by atoms with Crippen molar-refractivity contribution in [2.24, 2.45) is 17.8 Å². The third-order valence-electron chi connectivity index (χ3n) is 10.9. The van der Waals surface area contributed by atoms with Crippen molar-refractivity contribution in [2.75, 3.05) is 27.2 Å². The van der Waals surface area contributed by atoms with Crippen molar-refractivity contribution in [3.8, 4) is 0 Å². The summed E-state index contributed by atoms with van der Waals surface area (Å²) in [6.07, 6.45) is 14.6. The van der Waals surface area contributed by atoms with Crippen molar-refractivity contribution in [1.29, 1.82) is 0 Å². The first kappa shape index (κ1) is 32.3. The van der Waals surface area contributed by atoms with Gasteiger partial charge in [-0.25, -0.2) is 0 Å². The maximum absolute atomic E-state index is 14.3. The summed E-state index contributed by atoms with van der Waals surface area (Å²) in [5.74, 6) is 1.61. The van der Waals surface area contributed by atoms with Crippen molar-refractivity contribution < 1.29 is 14.3 Å². The Bertz CT molecular complexity index is 1110. The summed E-state index contributed by atoms with van der Waals surface area (Å²) in [4.78, 5) is 32.1. The van der Waals surface area contributed by atoms with E-state index in [4.69, 9.17) is 4.74 Å². The molecule has 0 aromatic heterocycles. The number of likely N-dealkylation sites (tertiary alicyclic amines) is 1. The van der Waals surface area contributed by atoms with Gasteiger partial charge in [-0.05, 0) is 109 Å². The van der Waals surface area contributed by atoms with E-state index in [2.05, 4.69) is 73.4 Å². The van der Waals surface area contributed by atoms with Gasteiger partial charge in [0.1, 0.15) is 5.76 Å². The van der Waals surface area contributed by atoms with Crippen molar-refractivity contribution in [3.63, 3.8) is 0 Å². The zero-order chi connectivity index (χ0) is 30.3. The molecule has 0 radical (unpaired) electrons. The Labute approximate surface area is 254 Å². The number of hydrogen-bond acceptors (Lipinski definition) is 4. The smallest absolute Gasteiger partial charge is 0.226 e.